The molecule has 0 heterocycles. The van der Waals surface area contributed by atoms with Gasteiger partial charge in [0.15, 0.2) is 17.2 Å². The van der Waals surface area contributed by atoms with E-state index >= 15 is 0 Å². The number of hydrogen-bond acceptors (Lipinski definition) is 5. The number of carbonyl (C=O) groups is 3. The van der Waals surface area contributed by atoms with Gasteiger partial charge in [-0.15, -0.1) is 23.2 Å². The number of alkyl halides is 2. The largest absolute Gasteiger partial charge is 0.450 e. The fourth-order valence-electron chi connectivity index (χ4n) is 9.50. The van der Waals surface area contributed by atoms with Gasteiger partial charge in [-0.05, 0) is 60.5 Å². The van der Waals surface area contributed by atoms with E-state index in [0.717, 1.165) is 5.57 Å². The summed E-state index contributed by atoms with van der Waals surface area (Å²) in [6, 6.07) is 0. The van der Waals surface area contributed by atoms with Crippen LogP contribution in [0.1, 0.15) is 74.1 Å². The number of halogens is 2. The van der Waals surface area contributed by atoms with E-state index in [1.54, 1.807) is 12.2 Å². The normalized spacial score (nSPS) is 47.4. The van der Waals surface area contributed by atoms with Crippen molar-refractivity contribution in [3.05, 3.63) is 23.8 Å². The molecule has 5 nitrogen and oxygen atoms in total. The molecule has 7 heteroatoms. The fraction of sp³-hybridized carbons (Fsp3) is 0.767. The number of carbonyl (C=O) groups excluding carboxylic acids is 3. The first-order chi connectivity index (χ1) is 17.0. The summed E-state index contributed by atoms with van der Waals surface area (Å²) < 4.78 is 6.44. The number of ketones is 2. The van der Waals surface area contributed by atoms with E-state index in [1.165, 1.54) is 0 Å². The zero-order chi connectivity index (χ0) is 27.6. The smallest absolute Gasteiger partial charge is 0.311 e. The van der Waals surface area contributed by atoms with E-state index in [2.05, 4.69) is 27.7 Å². The van der Waals surface area contributed by atoms with Crippen molar-refractivity contribution in [3.63, 3.8) is 0 Å². The Morgan fingerprint density at radius 2 is 1.73 bits per heavy atom. The van der Waals surface area contributed by atoms with Crippen molar-refractivity contribution >= 4 is 40.7 Å². The summed E-state index contributed by atoms with van der Waals surface area (Å²) >= 11 is 13.8. The van der Waals surface area contributed by atoms with Crippen molar-refractivity contribution in [2.24, 2.45) is 45.3 Å². The second kappa shape index (κ2) is 7.95. The number of aliphatic hydroxyl groups excluding tert-OH is 1. The Labute approximate surface area is 230 Å². The number of Topliss-reactive ketones (excluding diaryl/α,β-unsaturated/α-hetero) is 1. The third-order valence-corrected chi connectivity index (χ3v) is 13.4. The van der Waals surface area contributed by atoms with Crippen LogP contribution in [0.4, 0.5) is 0 Å². The second-order valence-electron chi connectivity index (χ2n) is 14.0. The number of aliphatic hydroxyl groups is 1. The van der Waals surface area contributed by atoms with Crippen molar-refractivity contribution in [2.45, 2.75) is 90.7 Å². The fourth-order valence-corrected chi connectivity index (χ4v) is 10.2. The summed E-state index contributed by atoms with van der Waals surface area (Å²) in [6.45, 7) is 14.2. The Morgan fingerprint density at radius 3 is 2.30 bits per heavy atom. The van der Waals surface area contributed by atoms with Crippen LogP contribution in [-0.2, 0) is 19.1 Å². The molecular formula is C30H40Cl2O5. The number of hydrogen-bond donors (Lipinski definition) is 1. The Morgan fingerprint density at radius 1 is 1.11 bits per heavy atom. The van der Waals surface area contributed by atoms with Crippen molar-refractivity contribution in [1.29, 1.82) is 0 Å². The highest BCUT2D eigenvalue weighted by Crippen LogP contribution is 2.73. The quantitative estimate of drug-likeness (QED) is 0.361. The number of fused-ring (bicyclic) bond motifs is 5. The molecule has 0 aromatic carbocycles. The maximum atomic E-state index is 13.8. The molecule has 0 aliphatic heterocycles. The van der Waals surface area contributed by atoms with E-state index in [1.807, 2.05) is 26.8 Å². The number of ether oxygens (including phenoxy) is 1. The molecule has 0 radical (unpaired) electrons. The van der Waals surface area contributed by atoms with Gasteiger partial charge in [-0.2, -0.15) is 0 Å². The van der Waals surface area contributed by atoms with Crippen LogP contribution < -0.4 is 0 Å². The first-order valence-corrected chi connectivity index (χ1v) is 14.5. The standard InChI is InChI=1S/C30H40Cl2O5/c1-16-12-20-19-9-8-17-13-18(33)10-11-27(17,6)29(19,32)21(34)14-28(20,7)30(16,22(35)15-31)37-24(36)23-25(2,3)26(23,4)5/h10-11,13,16,19-21,23,34H,8-9,12,14-15H2,1-7H3/t16-,19+,20+,21+,27+,28+,29+,30+/m1/s1. The molecule has 5 aliphatic rings. The maximum Gasteiger partial charge on any atom is 0.311 e. The molecule has 0 unspecified atom stereocenters. The van der Waals surface area contributed by atoms with E-state index < -0.39 is 27.4 Å². The van der Waals surface area contributed by atoms with Crippen LogP contribution >= 0.6 is 23.2 Å². The molecule has 1 N–H and O–H groups in total. The topological polar surface area (TPSA) is 80.7 Å². The van der Waals surface area contributed by atoms with Crippen LogP contribution in [0.5, 0.6) is 0 Å². The van der Waals surface area contributed by atoms with Gasteiger partial charge in [-0.3, -0.25) is 14.4 Å². The summed E-state index contributed by atoms with van der Waals surface area (Å²) in [7, 11) is 0. The monoisotopic (exact) mass is 550 g/mol. The third-order valence-electron chi connectivity index (χ3n) is 12.2. The zero-order valence-electron chi connectivity index (χ0n) is 23.0. The molecule has 5 rings (SSSR count). The molecule has 8 atom stereocenters. The van der Waals surface area contributed by atoms with Crippen molar-refractivity contribution in [3.8, 4) is 0 Å². The lowest BCUT2D eigenvalue weighted by Crippen LogP contribution is -2.69. The summed E-state index contributed by atoms with van der Waals surface area (Å²) in [5.74, 6) is -1.76. The zero-order valence-corrected chi connectivity index (χ0v) is 24.5. The third kappa shape index (κ3) is 3.06. The van der Waals surface area contributed by atoms with Gasteiger partial charge >= 0.3 is 5.97 Å². The highest BCUT2D eigenvalue weighted by molar-refractivity contribution is 6.29. The average Bonchev–Trinajstić information content (AvgIpc) is 3.12. The van der Waals surface area contributed by atoms with Gasteiger partial charge in [0.05, 0.1) is 22.8 Å². The first kappa shape index (κ1) is 27.4. The molecule has 0 spiro atoms. The summed E-state index contributed by atoms with van der Waals surface area (Å²) in [6.07, 6.45) is 6.34. The van der Waals surface area contributed by atoms with Crippen LogP contribution in [0.15, 0.2) is 23.8 Å². The minimum absolute atomic E-state index is 0.0552. The molecule has 204 valence electrons. The predicted molar refractivity (Wildman–Crippen MR) is 143 cm³/mol. The average molecular weight is 552 g/mol. The molecule has 0 saturated heterocycles. The molecule has 4 fully saturated rings. The highest BCUT2D eigenvalue weighted by Gasteiger charge is 2.77. The lowest BCUT2D eigenvalue weighted by Gasteiger charge is -2.64. The van der Waals surface area contributed by atoms with E-state index in [4.69, 9.17) is 27.9 Å². The number of esters is 1. The van der Waals surface area contributed by atoms with Crippen LogP contribution in [0, 0.1) is 45.3 Å². The lowest BCUT2D eigenvalue weighted by atomic mass is 9.45. The molecule has 0 aromatic rings. The van der Waals surface area contributed by atoms with E-state index in [9.17, 15) is 19.5 Å². The Hall–Kier alpha value is -1.17. The second-order valence-corrected chi connectivity index (χ2v) is 14.9. The van der Waals surface area contributed by atoms with Crippen LogP contribution in [0.25, 0.3) is 0 Å². The van der Waals surface area contributed by atoms with Crippen molar-refractivity contribution in [1.82, 2.24) is 0 Å². The Balaban J connectivity index is 1.59. The summed E-state index contributed by atoms with van der Waals surface area (Å²) in [4.78, 5) is 38.6. The molecule has 0 amide bonds. The van der Waals surface area contributed by atoms with Gasteiger partial charge in [0.2, 0.25) is 0 Å². The van der Waals surface area contributed by atoms with Gasteiger partial charge in [0.1, 0.15) is 0 Å². The SMILES string of the molecule is C[C@@H]1C[C@H]2[C@@H]3CCC4=CC(=O)C=C[C@]4(C)[C@@]3(Cl)[C@@H](O)C[C@]2(C)[C@@]1(OC(=O)C1C(C)(C)C1(C)C)C(=O)CCl. The van der Waals surface area contributed by atoms with Gasteiger partial charge in [0, 0.05) is 16.7 Å². The van der Waals surface area contributed by atoms with E-state index in [-0.39, 0.29) is 64.3 Å². The van der Waals surface area contributed by atoms with Gasteiger partial charge in [0.25, 0.3) is 0 Å². The molecule has 5 aliphatic carbocycles. The first-order valence-electron chi connectivity index (χ1n) is 13.6. The van der Waals surface area contributed by atoms with Crippen LogP contribution in [0.2, 0.25) is 0 Å². The Kier molecular flexibility index (Phi) is 5.88. The van der Waals surface area contributed by atoms with E-state index in [0.29, 0.717) is 19.3 Å². The lowest BCUT2D eigenvalue weighted by molar-refractivity contribution is -0.202. The van der Waals surface area contributed by atoms with Crippen LogP contribution in [0.3, 0.4) is 0 Å². The van der Waals surface area contributed by atoms with Crippen LogP contribution in [-0.4, -0.2) is 45.1 Å². The van der Waals surface area contributed by atoms with Gasteiger partial charge < -0.3 is 9.84 Å². The van der Waals surface area contributed by atoms with Gasteiger partial charge in [-0.25, -0.2) is 0 Å². The minimum atomic E-state index is -1.43. The molecular weight excluding hydrogens is 511 g/mol. The summed E-state index contributed by atoms with van der Waals surface area (Å²) in [5, 5.41) is 11.9. The molecule has 0 aromatic heterocycles. The van der Waals surface area contributed by atoms with Crippen molar-refractivity contribution < 1.29 is 24.2 Å². The Bertz CT molecular complexity index is 1120. The summed E-state index contributed by atoms with van der Waals surface area (Å²) in [5.41, 5.74) is -2.46. The predicted octanol–water partition coefficient (Wildman–Crippen LogP) is 5.64. The molecule has 4 saturated carbocycles. The highest BCUT2D eigenvalue weighted by atomic mass is 35.5. The number of rotatable bonds is 4. The van der Waals surface area contributed by atoms with Gasteiger partial charge in [-0.1, -0.05) is 60.1 Å². The molecule has 0 bridgehead atoms. The minimum Gasteiger partial charge on any atom is -0.450 e. The maximum absolute atomic E-state index is 13.8. The molecule has 37 heavy (non-hydrogen) atoms. The van der Waals surface area contributed by atoms with Crippen molar-refractivity contribution in [2.75, 3.05) is 5.88 Å². The number of allylic oxidation sites excluding steroid dienone is 4.